The molecule has 0 heterocycles. The second kappa shape index (κ2) is 8.10. The van der Waals surface area contributed by atoms with Crippen LogP contribution in [0.15, 0.2) is 24.3 Å². The fourth-order valence-corrected chi connectivity index (χ4v) is 1.64. The molecule has 0 fully saturated rings. The van der Waals surface area contributed by atoms with Gasteiger partial charge >= 0.3 is 0 Å². The summed E-state index contributed by atoms with van der Waals surface area (Å²) >= 11 is 0. The number of unbranched alkanes of at least 4 members (excludes halogenated alkanes) is 2. The van der Waals surface area contributed by atoms with Gasteiger partial charge in [-0.15, -0.1) is 0 Å². The predicted octanol–water partition coefficient (Wildman–Crippen LogP) is 4.73. The molecule has 0 aliphatic carbocycles. The van der Waals surface area contributed by atoms with Crippen molar-refractivity contribution < 1.29 is 0 Å². The van der Waals surface area contributed by atoms with E-state index in [1.807, 2.05) is 0 Å². The van der Waals surface area contributed by atoms with Crippen LogP contribution < -0.4 is 0 Å². The lowest BCUT2D eigenvalue weighted by atomic mass is 9.91. The van der Waals surface area contributed by atoms with Crippen LogP contribution in [0.5, 0.6) is 0 Å². The van der Waals surface area contributed by atoms with Crippen LogP contribution in [0.4, 0.5) is 0 Å². The molecule has 0 nitrogen and oxygen atoms in total. The van der Waals surface area contributed by atoms with E-state index in [1.165, 1.54) is 37.7 Å². The van der Waals surface area contributed by atoms with Crippen molar-refractivity contribution in [2.75, 3.05) is 0 Å². The summed E-state index contributed by atoms with van der Waals surface area (Å²) in [6.07, 6.45) is 10.8. The van der Waals surface area contributed by atoms with Gasteiger partial charge < -0.3 is 0 Å². The second-order valence-corrected chi connectivity index (χ2v) is 3.68. The molecule has 0 N–H and O–H groups in total. The van der Waals surface area contributed by atoms with Crippen molar-refractivity contribution in [1.29, 1.82) is 0 Å². The van der Waals surface area contributed by atoms with Crippen LogP contribution in [0, 0.1) is 5.92 Å². The Labute approximate surface area is 83.7 Å². The molecular weight excluding hydrogens is 156 g/mol. The molecule has 0 aliphatic rings. The molecule has 0 saturated carbocycles. The highest BCUT2D eigenvalue weighted by Gasteiger charge is 2.06. The third-order valence-electron chi connectivity index (χ3n) is 2.55. The molecule has 1 atom stereocenters. The molecule has 0 aromatic rings. The molecule has 13 heavy (non-hydrogen) atoms. The minimum atomic E-state index is 0.711. The highest BCUT2D eigenvalue weighted by Crippen LogP contribution is 2.21. The van der Waals surface area contributed by atoms with E-state index in [0.717, 1.165) is 0 Å². The van der Waals surface area contributed by atoms with Crippen LogP contribution in [0.25, 0.3) is 0 Å². The second-order valence-electron chi connectivity index (χ2n) is 3.68. The zero-order chi connectivity index (χ0) is 10.1. The summed E-state index contributed by atoms with van der Waals surface area (Å²) in [6, 6.07) is 0. The molecule has 0 rings (SSSR count). The standard InChI is InChI=1S/C13H24/c1-5-8-9-11-13(7-3)12(4)10-6-2/h6,10,13H,4-5,7-9,11H2,1-3H3. The molecule has 1 unspecified atom stereocenters. The quantitative estimate of drug-likeness (QED) is 0.392. The van der Waals surface area contributed by atoms with Gasteiger partial charge in [-0.25, -0.2) is 0 Å². The topological polar surface area (TPSA) is 0 Å². The number of rotatable bonds is 7. The molecular formula is C13H24. The van der Waals surface area contributed by atoms with Crippen molar-refractivity contribution in [2.45, 2.75) is 52.9 Å². The van der Waals surface area contributed by atoms with Crippen molar-refractivity contribution in [3.8, 4) is 0 Å². The van der Waals surface area contributed by atoms with E-state index in [4.69, 9.17) is 0 Å². The number of allylic oxidation sites excluding steroid dienone is 3. The number of hydrogen-bond acceptors (Lipinski definition) is 0. The molecule has 0 aromatic heterocycles. The van der Waals surface area contributed by atoms with Crippen LogP contribution in [0.2, 0.25) is 0 Å². The summed E-state index contributed by atoms with van der Waals surface area (Å²) in [5, 5.41) is 0. The van der Waals surface area contributed by atoms with Crippen LogP contribution in [0.1, 0.15) is 52.9 Å². The van der Waals surface area contributed by atoms with E-state index in [-0.39, 0.29) is 0 Å². The van der Waals surface area contributed by atoms with E-state index in [1.54, 1.807) is 0 Å². The largest absolute Gasteiger partial charge is 0.0956 e. The van der Waals surface area contributed by atoms with Gasteiger partial charge in [0.05, 0.1) is 0 Å². The lowest BCUT2D eigenvalue weighted by Gasteiger charge is -2.14. The van der Waals surface area contributed by atoms with Gasteiger partial charge in [-0.2, -0.15) is 0 Å². The average Bonchev–Trinajstić information content (AvgIpc) is 2.13. The van der Waals surface area contributed by atoms with Gasteiger partial charge in [0, 0.05) is 0 Å². The summed E-state index contributed by atoms with van der Waals surface area (Å²) in [7, 11) is 0. The maximum atomic E-state index is 4.11. The Morgan fingerprint density at radius 2 is 2.00 bits per heavy atom. The van der Waals surface area contributed by atoms with Crippen molar-refractivity contribution in [2.24, 2.45) is 5.92 Å². The molecule has 0 bridgehead atoms. The zero-order valence-electron chi connectivity index (χ0n) is 9.47. The first-order chi connectivity index (χ1) is 6.26. The zero-order valence-corrected chi connectivity index (χ0v) is 9.47. The summed E-state index contributed by atoms with van der Waals surface area (Å²) in [5.74, 6) is 0.711. The maximum Gasteiger partial charge on any atom is -0.0171 e. The van der Waals surface area contributed by atoms with Gasteiger partial charge in [0.1, 0.15) is 0 Å². The average molecular weight is 180 g/mol. The maximum absolute atomic E-state index is 4.11. The Bertz CT molecular complexity index is 153. The fourth-order valence-electron chi connectivity index (χ4n) is 1.64. The molecule has 0 spiro atoms. The van der Waals surface area contributed by atoms with Crippen LogP contribution >= 0.6 is 0 Å². The predicted molar refractivity (Wildman–Crippen MR) is 61.9 cm³/mol. The van der Waals surface area contributed by atoms with Crippen LogP contribution in [0.3, 0.4) is 0 Å². The summed E-state index contributed by atoms with van der Waals surface area (Å²) in [6.45, 7) is 10.7. The Kier molecular flexibility index (Phi) is 7.77. The van der Waals surface area contributed by atoms with E-state index >= 15 is 0 Å². The highest BCUT2D eigenvalue weighted by molar-refractivity contribution is 5.16. The third-order valence-corrected chi connectivity index (χ3v) is 2.55. The molecule has 0 amide bonds. The lowest BCUT2D eigenvalue weighted by molar-refractivity contribution is 0.512. The minimum Gasteiger partial charge on any atom is -0.0956 e. The fraction of sp³-hybridized carbons (Fsp3) is 0.692. The SMILES string of the molecule is C=C(C=CC)C(CC)CCCCC. The van der Waals surface area contributed by atoms with Gasteiger partial charge in [0.25, 0.3) is 0 Å². The lowest BCUT2D eigenvalue weighted by Crippen LogP contribution is -2.00. The number of hydrogen-bond donors (Lipinski definition) is 0. The third kappa shape index (κ3) is 5.68. The molecule has 76 valence electrons. The first kappa shape index (κ1) is 12.5. The van der Waals surface area contributed by atoms with E-state index in [2.05, 4.69) is 39.5 Å². The van der Waals surface area contributed by atoms with Crippen molar-refractivity contribution >= 4 is 0 Å². The Morgan fingerprint density at radius 1 is 1.31 bits per heavy atom. The summed E-state index contributed by atoms with van der Waals surface area (Å²) in [4.78, 5) is 0. The first-order valence-corrected chi connectivity index (χ1v) is 5.57. The van der Waals surface area contributed by atoms with Crippen LogP contribution in [-0.2, 0) is 0 Å². The van der Waals surface area contributed by atoms with Crippen molar-refractivity contribution in [3.05, 3.63) is 24.3 Å². The molecule has 0 heteroatoms. The van der Waals surface area contributed by atoms with Crippen LogP contribution in [-0.4, -0.2) is 0 Å². The Morgan fingerprint density at radius 3 is 2.46 bits per heavy atom. The van der Waals surface area contributed by atoms with E-state index in [0.29, 0.717) is 5.92 Å². The van der Waals surface area contributed by atoms with Crippen molar-refractivity contribution in [3.63, 3.8) is 0 Å². The summed E-state index contributed by atoms with van der Waals surface area (Å²) < 4.78 is 0. The first-order valence-electron chi connectivity index (χ1n) is 5.57. The van der Waals surface area contributed by atoms with Gasteiger partial charge in [-0.05, 0) is 25.7 Å². The van der Waals surface area contributed by atoms with Crippen molar-refractivity contribution in [1.82, 2.24) is 0 Å². The molecule has 0 radical (unpaired) electrons. The van der Waals surface area contributed by atoms with Gasteiger partial charge in [-0.3, -0.25) is 0 Å². The van der Waals surface area contributed by atoms with E-state index in [9.17, 15) is 0 Å². The Balaban J connectivity index is 3.80. The van der Waals surface area contributed by atoms with Gasteiger partial charge in [0.15, 0.2) is 0 Å². The van der Waals surface area contributed by atoms with E-state index < -0.39 is 0 Å². The minimum absolute atomic E-state index is 0.711. The monoisotopic (exact) mass is 180 g/mol. The summed E-state index contributed by atoms with van der Waals surface area (Å²) in [5.41, 5.74) is 1.31. The molecule has 0 aromatic carbocycles. The highest BCUT2D eigenvalue weighted by atomic mass is 14.1. The smallest absolute Gasteiger partial charge is 0.0171 e. The van der Waals surface area contributed by atoms with Gasteiger partial charge in [-0.1, -0.05) is 57.4 Å². The molecule has 0 aliphatic heterocycles. The van der Waals surface area contributed by atoms with Gasteiger partial charge in [0.2, 0.25) is 0 Å². The normalized spacial score (nSPS) is 13.5. The Hall–Kier alpha value is -0.520. The molecule has 0 saturated heterocycles.